The summed E-state index contributed by atoms with van der Waals surface area (Å²) in [5.41, 5.74) is 0.0297. The van der Waals surface area contributed by atoms with E-state index in [4.69, 9.17) is 4.74 Å². The van der Waals surface area contributed by atoms with Crippen molar-refractivity contribution in [1.29, 1.82) is 0 Å². The molecule has 1 aromatic heterocycles. The number of carbonyl (C=O) groups excluding carboxylic acids is 1. The normalized spacial score (nSPS) is 17.8. The first-order valence-corrected chi connectivity index (χ1v) is 15.9. The Bertz CT molecular complexity index is 1200. The monoisotopic (exact) mass is 579 g/mol. The van der Waals surface area contributed by atoms with Gasteiger partial charge in [0.05, 0.1) is 25.8 Å². The molecule has 218 valence electrons. The Morgan fingerprint density at radius 2 is 1.90 bits per heavy atom. The van der Waals surface area contributed by atoms with Gasteiger partial charge in [-0.2, -0.15) is 18.2 Å². The molecule has 4 rings (SSSR count). The van der Waals surface area contributed by atoms with E-state index in [1.165, 1.54) is 7.11 Å². The van der Waals surface area contributed by atoms with Crippen molar-refractivity contribution in [2.75, 3.05) is 50.4 Å². The van der Waals surface area contributed by atoms with Crippen LogP contribution in [0.4, 0.5) is 30.6 Å². The molecule has 0 spiro atoms. The summed E-state index contributed by atoms with van der Waals surface area (Å²) < 4.78 is 47.8. The van der Waals surface area contributed by atoms with Gasteiger partial charge < -0.3 is 25.2 Å². The molecular formula is C28H39F3N6O2P+. The second-order valence-corrected chi connectivity index (χ2v) is 12.8. The van der Waals surface area contributed by atoms with Crippen LogP contribution in [0.5, 0.6) is 5.75 Å². The van der Waals surface area contributed by atoms with Gasteiger partial charge in [0, 0.05) is 23.8 Å². The van der Waals surface area contributed by atoms with Gasteiger partial charge in [-0.1, -0.05) is 19.3 Å². The largest absolute Gasteiger partial charge is 0.495 e. The summed E-state index contributed by atoms with van der Waals surface area (Å²) in [6, 6.07) is 5.01. The molecule has 0 bridgehead atoms. The van der Waals surface area contributed by atoms with Crippen LogP contribution in [0.15, 0.2) is 24.4 Å². The summed E-state index contributed by atoms with van der Waals surface area (Å²) in [5, 5.41) is 6.10. The third kappa shape index (κ3) is 7.63. The van der Waals surface area contributed by atoms with E-state index in [-0.39, 0.29) is 29.8 Å². The van der Waals surface area contributed by atoms with Gasteiger partial charge in [0.1, 0.15) is 24.7 Å². The lowest BCUT2D eigenvalue weighted by Gasteiger charge is -2.34. The first-order chi connectivity index (χ1) is 19.0. The standard InChI is InChI=1S/C28H38F3N6O2P/c1-36-14-12-20(13-15-36)33-26(38)19-10-11-23(24(16-19)39-2)34-27-32-17-22(28(29,30)31)25(35-27)37(18-40(3)4)21-8-6-5-7-9-21/h10-11,16-17,20-21H,3,5-9,12-15,18H2,1-2,4H3,(H-,32,33,34,35,38)/p+1. The first kappa shape index (κ1) is 30.1. The summed E-state index contributed by atoms with van der Waals surface area (Å²) in [7, 11) is 2.78. The number of piperidine rings is 1. The quantitative estimate of drug-likeness (QED) is 0.368. The van der Waals surface area contributed by atoms with Crippen LogP contribution in [0.1, 0.15) is 60.9 Å². The topological polar surface area (TPSA) is 82.6 Å². The highest BCUT2D eigenvalue weighted by Gasteiger charge is 2.39. The van der Waals surface area contributed by atoms with E-state index in [0.29, 0.717) is 23.3 Å². The van der Waals surface area contributed by atoms with Gasteiger partial charge in [-0.15, -0.1) is 0 Å². The summed E-state index contributed by atoms with van der Waals surface area (Å²) in [5.74, 6) is 0.0676. The van der Waals surface area contributed by atoms with Crippen molar-refractivity contribution >= 4 is 37.2 Å². The molecule has 2 heterocycles. The number of benzene rings is 1. The number of likely N-dealkylation sites (tertiary alicyclic amines) is 1. The Kier molecular flexibility index (Phi) is 9.90. The van der Waals surface area contributed by atoms with E-state index in [9.17, 15) is 18.0 Å². The van der Waals surface area contributed by atoms with Crippen molar-refractivity contribution in [3.05, 3.63) is 35.5 Å². The van der Waals surface area contributed by atoms with E-state index in [2.05, 4.69) is 38.8 Å². The number of amides is 1. The smallest absolute Gasteiger partial charge is 0.421 e. The minimum absolute atomic E-state index is 0.0233. The fourth-order valence-electron chi connectivity index (χ4n) is 5.34. The number of ether oxygens (including phenoxy) is 1. The summed E-state index contributed by atoms with van der Waals surface area (Å²) in [6.07, 6.45) is 7.23. The maximum Gasteiger partial charge on any atom is 0.421 e. The van der Waals surface area contributed by atoms with Crippen molar-refractivity contribution in [3.63, 3.8) is 0 Å². The van der Waals surface area contributed by atoms with Crippen molar-refractivity contribution < 1.29 is 22.7 Å². The van der Waals surface area contributed by atoms with Crippen LogP contribution in [0.2, 0.25) is 0 Å². The number of carbonyl (C=O) groups is 1. The maximum absolute atomic E-state index is 14.1. The number of nitrogens with zero attached hydrogens (tertiary/aromatic N) is 4. The zero-order valence-corrected chi connectivity index (χ0v) is 24.3. The van der Waals surface area contributed by atoms with E-state index in [0.717, 1.165) is 64.2 Å². The van der Waals surface area contributed by atoms with Crippen molar-refractivity contribution in [2.24, 2.45) is 0 Å². The van der Waals surface area contributed by atoms with Crippen LogP contribution in [-0.2, 0) is 6.18 Å². The van der Waals surface area contributed by atoms with Crippen molar-refractivity contribution in [2.45, 2.75) is 63.2 Å². The third-order valence-corrected chi connectivity index (χ3v) is 8.31. The molecule has 1 aliphatic carbocycles. The molecular weight excluding hydrogens is 540 g/mol. The van der Waals surface area contributed by atoms with Crippen LogP contribution in [-0.4, -0.2) is 79.4 Å². The molecule has 1 amide bonds. The van der Waals surface area contributed by atoms with Gasteiger partial charge in [0.25, 0.3) is 5.91 Å². The zero-order chi connectivity index (χ0) is 28.9. The maximum atomic E-state index is 14.1. The predicted molar refractivity (Wildman–Crippen MR) is 155 cm³/mol. The molecule has 40 heavy (non-hydrogen) atoms. The van der Waals surface area contributed by atoms with Gasteiger partial charge in [0.15, 0.2) is 6.29 Å². The van der Waals surface area contributed by atoms with E-state index in [1.807, 2.05) is 6.66 Å². The highest BCUT2D eigenvalue weighted by molar-refractivity contribution is 7.55. The number of alkyl halides is 3. The number of methoxy groups -OCH3 is 1. The SMILES string of the molecule is C=[P+](C)CN(c1nc(Nc2ccc(C(=O)NC3CCN(C)CC3)cc2OC)ncc1C(F)(F)F)C1CCCCC1. The fourth-order valence-corrected chi connectivity index (χ4v) is 6.22. The molecule has 2 aromatic rings. The van der Waals surface area contributed by atoms with Crippen LogP contribution in [0.3, 0.4) is 0 Å². The number of hydrogen-bond donors (Lipinski definition) is 2. The Balaban J connectivity index is 1.59. The molecule has 2 fully saturated rings. The van der Waals surface area contributed by atoms with Crippen LogP contribution in [0.25, 0.3) is 0 Å². The van der Waals surface area contributed by atoms with Crippen molar-refractivity contribution in [1.82, 2.24) is 20.2 Å². The average Bonchev–Trinajstić information content (AvgIpc) is 2.93. The Hall–Kier alpha value is -2.91. The minimum atomic E-state index is -4.60. The van der Waals surface area contributed by atoms with Crippen LogP contribution < -0.4 is 20.3 Å². The summed E-state index contributed by atoms with van der Waals surface area (Å²) in [6.45, 7) is 3.81. The number of anilines is 3. The van der Waals surface area contributed by atoms with Gasteiger partial charge in [-0.3, -0.25) is 4.79 Å². The Labute approximate surface area is 235 Å². The van der Waals surface area contributed by atoms with Gasteiger partial charge in [0.2, 0.25) is 5.95 Å². The van der Waals surface area contributed by atoms with Gasteiger partial charge >= 0.3 is 6.18 Å². The summed E-state index contributed by atoms with van der Waals surface area (Å²) >= 11 is 0. The first-order valence-electron chi connectivity index (χ1n) is 13.7. The second-order valence-electron chi connectivity index (χ2n) is 10.8. The molecule has 1 aromatic carbocycles. The van der Waals surface area contributed by atoms with Gasteiger partial charge in [-0.05, 0) is 64.0 Å². The number of aromatic nitrogens is 2. The number of hydrogen-bond acceptors (Lipinski definition) is 7. The second kappa shape index (κ2) is 13.2. The lowest BCUT2D eigenvalue weighted by atomic mass is 9.94. The molecule has 0 radical (unpaired) electrons. The number of rotatable bonds is 9. The number of nitrogens with one attached hydrogen (secondary N) is 2. The Morgan fingerprint density at radius 1 is 1.20 bits per heavy atom. The molecule has 1 saturated heterocycles. The van der Waals surface area contributed by atoms with Crippen LogP contribution >= 0.6 is 7.55 Å². The van der Waals surface area contributed by atoms with E-state index in [1.54, 1.807) is 23.1 Å². The molecule has 1 saturated carbocycles. The summed E-state index contributed by atoms with van der Waals surface area (Å²) in [4.78, 5) is 25.3. The average molecular weight is 580 g/mol. The predicted octanol–water partition coefficient (Wildman–Crippen LogP) is 5.71. The molecule has 2 N–H and O–H groups in total. The minimum Gasteiger partial charge on any atom is -0.495 e. The van der Waals surface area contributed by atoms with Crippen LogP contribution in [0, 0.1) is 0 Å². The molecule has 1 atom stereocenters. The molecule has 1 unspecified atom stereocenters. The van der Waals surface area contributed by atoms with Crippen molar-refractivity contribution in [3.8, 4) is 5.75 Å². The Morgan fingerprint density at radius 3 is 2.52 bits per heavy atom. The van der Waals surface area contributed by atoms with E-state index < -0.39 is 19.3 Å². The molecule has 12 heteroatoms. The molecule has 8 nitrogen and oxygen atoms in total. The highest BCUT2D eigenvalue weighted by Crippen LogP contribution is 2.40. The van der Waals surface area contributed by atoms with E-state index >= 15 is 0 Å². The zero-order valence-electron chi connectivity index (χ0n) is 23.4. The fraction of sp³-hybridized carbons (Fsp3) is 0.571. The highest BCUT2D eigenvalue weighted by atomic mass is 31.1. The lowest BCUT2D eigenvalue weighted by Crippen LogP contribution is -2.43. The number of halogens is 3. The lowest BCUT2D eigenvalue weighted by molar-refractivity contribution is -0.137. The molecule has 1 aliphatic heterocycles. The van der Waals surface area contributed by atoms with Gasteiger partial charge in [-0.25, -0.2) is 4.98 Å². The molecule has 2 aliphatic rings. The third-order valence-electron chi connectivity index (χ3n) is 7.52.